The average Bonchev–Trinajstić information content (AvgIpc) is 3.02. The molecule has 0 radical (unpaired) electrons. The average molecular weight is 309 g/mol. The van der Waals surface area contributed by atoms with Crippen molar-refractivity contribution in [2.75, 3.05) is 11.4 Å². The van der Waals surface area contributed by atoms with Gasteiger partial charge in [-0.05, 0) is 24.3 Å². The number of fused-ring (bicyclic) bond motifs is 1. The third kappa shape index (κ3) is 2.36. The van der Waals surface area contributed by atoms with Gasteiger partial charge in [-0.1, -0.05) is 0 Å². The Morgan fingerprint density at radius 3 is 2.83 bits per heavy atom. The molecule has 0 saturated carbocycles. The van der Waals surface area contributed by atoms with Crippen molar-refractivity contribution in [1.29, 1.82) is 0 Å². The van der Waals surface area contributed by atoms with Gasteiger partial charge in [-0.15, -0.1) is 0 Å². The summed E-state index contributed by atoms with van der Waals surface area (Å²) in [6.45, 7) is 0.467. The van der Waals surface area contributed by atoms with Gasteiger partial charge in [-0.2, -0.15) is 5.10 Å². The van der Waals surface area contributed by atoms with Gasteiger partial charge in [0.1, 0.15) is 11.6 Å². The number of hydrogen-bond acceptors (Lipinski definition) is 4. The van der Waals surface area contributed by atoms with Crippen LogP contribution >= 0.6 is 0 Å². The number of aromatic nitrogens is 4. The number of halogens is 1. The van der Waals surface area contributed by atoms with Crippen molar-refractivity contribution in [3.05, 3.63) is 66.1 Å². The molecule has 0 saturated heterocycles. The Hall–Kier alpha value is -3.09. The zero-order valence-corrected chi connectivity index (χ0v) is 12.1. The summed E-state index contributed by atoms with van der Waals surface area (Å²) in [6, 6.07) is 6.48. The van der Waals surface area contributed by atoms with Crippen LogP contribution in [0.5, 0.6) is 0 Å². The minimum atomic E-state index is -0.428. The first-order valence-corrected chi connectivity index (χ1v) is 7.15. The number of nitrogens with zero attached hydrogens (tertiary/aromatic N) is 5. The third-order valence-corrected chi connectivity index (χ3v) is 3.74. The number of hydrogen-bond donors (Lipinski definition) is 0. The minimum Gasteiger partial charge on any atom is -0.292 e. The van der Waals surface area contributed by atoms with Gasteiger partial charge >= 0.3 is 0 Å². The van der Waals surface area contributed by atoms with Crippen LogP contribution in [0, 0.1) is 5.82 Å². The van der Waals surface area contributed by atoms with Gasteiger partial charge in [0.25, 0.3) is 5.91 Å². The van der Waals surface area contributed by atoms with Crippen molar-refractivity contribution >= 4 is 11.7 Å². The predicted octanol–water partition coefficient (Wildman–Crippen LogP) is 2.00. The molecule has 1 aliphatic heterocycles. The number of anilines is 1. The van der Waals surface area contributed by atoms with Crippen molar-refractivity contribution in [2.45, 2.75) is 6.42 Å². The molecule has 3 aromatic rings. The van der Waals surface area contributed by atoms with Gasteiger partial charge in [0.2, 0.25) is 0 Å². The molecule has 0 unspecified atom stereocenters. The highest BCUT2D eigenvalue weighted by Gasteiger charge is 2.29. The van der Waals surface area contributed by atoms with Gasteiger partial charge in [0.05, 0.1) is 29.3 Å². The van der Waals surface area contributed by atoms with Crippen molar-refractivity contribution in [3.8, 4) is 5.69 Å². The van der Waals surface area contributed by atoms with Crippen LogP contribution in [0.4, 0.5) is 10.2 Å². The number of rotatable bonds is 2. The Labute approximate surface area is 131 Å². The van der Waals surface area contributed by atoms with Crippen molar-refractivity contribution in [1.82, 2.24) is 19.7 Å². The van der Waals surface area contributed by atoms with Crippen molar-refractivity contribution in [3.63, 3.8) is 0 Å². The van der Waals surface area contributed by atoms with Crippen LogP contribution in [0.3, 0.4) is 0 Å². The van der Waals surface area contributed by atoms with Gasteiger partial charge in [0.15, 0.2) is 0 Å². The quantitative estimate of drug-likeness (QED) is 0.726. The molecule has 0 spiro atoms. The van der Waals surface area contributed by atoms with Crippen LogP contribution in [0.2, 0.25) is 0 Å². The Balaban J connectivity index is 1.69. The monoisotopic (exact) mass is 309 g/mol. The highest BCUT2D eigenvalue weighted by Crippen LogP contribution is 2.23. The van der Waals surface area contributed by atoms with Crippen LogP contribution in [-0.4, -0.2) is 32.2 Å². The van der Waals surface area contributed by atoms with Crippen LogP contribution in [0.15, 0.2) is 49.1 Å². The standard InChI is InChI=1S/C16H12FN5O/c17-11-3-4-15(19-8-11)21-7-5-14-13(16(21)23)10-22(20-14)12-2-1-6-18-9-12/h1-4,6,8-10H,5,7H2. The second-order valence-electron chi connectivity index (χ2n) is 5.19. The molecule has 1 aliphatic rings. The molecule has 0 N–H and O–H groups in total. The molecule has 0 aromatic carbocycles. The largest absolute Gasteiger partial charge is 0.292 e. The molecule has 4 heterocycles. The number of carbonyl (C=O) groups is 1. The molecule has 4 rings (SSSR count). The maximum Gasteiger partial charge on any atom is 0.262 e. The van der Waals surface area contributed by atoms with E-state index in [2.05, 4.69) is 15.1 Å². The maximum absolute atomic E-state index is 13.0. The van der Waals surface area contributed by atoms with Gasteiger partial charge in [-0.25, -0.2) is 14.1 Å². The fourth-order valence-electron chi connectivity index (χ4n) is 2.61. The maximum atomic E-state index is 13.0. The normalized spacial score (nSPS) is 14.0. The summed E-state index contributed by atoms with van der Waals surface area (Å²) in [7, 11) is 0. The lowest BCUT2D eigenvalue weighted by Crippen LogP contribution is -2.37. The van der Waals surface area contributed by atoms with Gasteiger partial charge < -0.3 is 0 Å². The summed E-state index contributed by atoms with van der Waals surface area (Å²) in [4.78, 5) is 22.2. The molecule has 23 heavy (non-hydrogen) atoms. The van der Waals surface area contributed by atoms with E-state index in [4.69, 9.17) is 0 Å². The first-order valence-electron chi connectivity index (χ1n) is 7.15. The van der Waals surface area contributed by atoms with E-state index in [9.17, 15) is 9.18 Å². The number of carbonyl (C=O) groups excluding carboxylic acids is 1. The lowest BCUT2D eigenvalue weighted by atomic mass is 10.1. The highest BCUT2D eigenvalue weighted by molar-refractivity contribution is 6.07. The molecule has 114 valence electrons. The summed E-state index contributed by atoms with van der Waals surface area (Å²) < 4.78 is 14.6. The summed E-state index contributed by atoms with van der Waals surface area (Å²) in [5.74, 6) is -0.167. The minimum absolute atomic E-state index is 0.180. The van der Waals surface area contributed by atoms with Crippen LogP contribution in [-0.2, 0) is 6.42 Å². The Morgan fingerprint density at radius 2 is 2.09 bits per heavy atom. The molecule has 7 heteroatoms. The molecule has 3 aromatic heterocycles. The molecule has 0 atom stereocenters. The van der Waals surface area contributed by atoms with Crippen LogP contribution in [0.25, 0.3) is 5.69 Å². The highest BCUT2D eigenvalue weighted by atomic mass is 19.1. The summed E-state index contributed by atoms with van der Waals surface area (Å²) in [5.41, 5.74) is 2.07. The molecule has 0 aliphatic carbocycles. The lowest BCUT2D eigenvalue weighted by molar-refractivity contribution is 0.0979. The predicted molar refractivity (Wildman–Crippen MR) is 80.9 cm³/mol. The smallest absolute Gasteiger partial charge is 0.262 e. The molecular weight excluding hydrogens is 297 g/mol. The fraction of sp³-hybridized carbons (Fsp3) is 0.125. The zero-order valence-electron chi connectivity index (χ0n) is 12.1. The van der Waals surface area contributed by atoms with E-state index in [0.717, 1.165) is 17.6 Å². The van der Waals surface area contributed by atoms with E-state index < -0.39 is 5.82 Å². The van der Waals surface area contributed by atoms with Crippen LogP contribution in [0.1, 0.15) is 16.1 Å². The summed E-state index contributed by atoms with van der Waals surface area (Å²) in [6.07, 6.45) is 6.79. The molecule has 1 amide bonds. The molecular formula is C16H12FN5O. The van der Waals surface area contributed by atoms with E-state index in [0.29, 0.717) is 24.3 Å². The number of pyridine rings is 2. The molecule has 0 fully saturated rings. The zero-order chi connectivity index (χ0) is 15.8. The first-order chi connectivity index (χ1) is 11.2. The fourth-order valence-corrected chi connectivity index (χ4v) is 2.61. The Morgan fingerprint density at radius 1 is 1.17 bits per heavy atom. The van der Waals surface area contributed by atoms with Crippen LogP contribution < -0.4 is 4.90 Å². The molecule has 0 bridgehead atoms. The Bertz CT molecular complexity index is 860. The second kappa shape index (κ2) is 5.28. The SMILES string of the molecule is O=C1c2cn(-c3cccnc3)nc2CCN1c1ccc(F)cn1. The van der Waals surface area contributed by atoms with E-state index in [1.54, 1.807) is 23.3 Å². The molecule has 6 nitrogen and oxygen atoms in total. The lowest BCUT2D eigenvalue weighted by Gasteiger charge is -2.24. The van der Waals surface area contributed by atoms with Crippen molar-refractivity contribution in [2.24, 2.45) is 0 Å². The third-order valence-electron chi connectivity index (χ3n) is 3.74. The van der Waals surface area contributed by atoms with E-state index in [-0.39, 0.29) is 5.91 Å². The van der Waals surface area contributed by atoms with Crippen molar-refractivity contribution < 1.29 is 9.18 Å². The summed E-state index contributed by atoms with van der Waals surface area (Å²) >= 11 is 0. The summed E-state index contributed by atoms with van der Waals surface area (Å²) in [5, 5.41) is 4.46. The first kappa shape index (κ1) is 13.6. The Kier molecular flexibility index (Phi) is 3.11. The van der Waals surface area contributed by atoms with E-state index >= 15 is 0 Å². The van der Waals surface area contributed by atoms with E-state index in [1.807, 2.05) is 12.1 Å². The topological polar surface area (TPSA) is 63.9 Å². The number of amides is 1. The second-order valence-corrected chi connectivity index (χ2v) is 5.19. The van der Waals surface area contributed by atoms with E-state index in [1.165, 1.54) is 17.0 Å². The van der Waals surface area contributed by atoms with Gasteiger partial charge in [-0.3, -0.25) is 14.7 Å². The van der Waals surface area contributed by atoms with Gasteiger partial charge in [0, 0.05) is 25.4 Å².